The molecular formula is C22H32FN5O2. The molecule has 7 nitrogen and oxygen atoms in total. The summed E-state index contributed by atoms with van der Waals surface area (Å²) in [6.45, 7) is 9.13. The van der Waals surface area contributed by atoms with Crippen LogP contribution in [-0.2, 0) is 18.3 Å². The molecule has 0 spiro atoms. The predicted molar refractivity (Wildman–Crippen MR) is 116 cm³/mol. The number of aromatic nitrogens is 2. The molecule has 30 heavy (non-hydrogen) atoms. The van der Waals surface area contributed by atoms with Gasteiger partial charge in [-0.15, -0.1) is 0 Å². The molecule has 0 atom stereocenters. The van der Waals surface area contributed by atoms with Gasteiger partial charge in [-0.2, -0.15) is 5.10 Å². The topological polar surface area (TPSA) is 76.6 Å². The average molecular weight is 418 g/mol. The Bertz CT molecular complexity index is 877. The number of amides is 1. The van der Waals surface area contributed by atoms with Crippen LogP contribution in [0.25, 0.3) is 0 Å². The summed E-state index contributed by atoms with van der Waals surface area (Å²) in [6, 6.07) is 5.11. The SMILES string of the molecule is Cc1cccc(F)c1N1CCC(N(Cc2cn(C)nc2N)C(=O)OC(C)(C)C)CC1. The third kappa shape index (κ3) is 5.04. The fourth-order valence-corrected chi connectivity index (χ4v) is 3.95. The van der Waals surface area contributed by atoms with Crippen LogP contribution in [-0.4, -0.2) is 45.5 Å². The lowest BCUT2D eigenvalue weighted by molar-refractivity contribution is 0.0114. The number of ether oxygens (including phenoxy) is 1. The maximum atomic E-state index is 14.4. The molecule has 0 bridgehead atoms. The van der Waals surface area contributed by atoms with Crippen molar-refractivity contribution < 1.29 is 13.9 Å². The molecule has 3 rings (SSSR count). The van der Waals surface area contributed by atoms with Crippen LogP contribution in [0, 0.1) is 12.7 Å². The van der Waals surface area contributed by atoms with Crippen molar-refractivity contribution >= 4 is 17.6 Å². The number of carbonyl (C=O) groups is 1. The first-order chi connectivity index (χ1) is 14.0. The molecule has 2 heterocycles. The zero-order valence-corrected chi connectivity index (χ0v) is 18.5. The van der Waals surface area contributed by atoms with Crippen LogP contribution >= 0.6 is 0 Å². The molecule has 0 aliphatic carbocycles. The fraction of sp³-hybridized carbons (Fsp3) is 0.545. The Labute approximate surface area is 177 Å². The minimum absolute atomic E-state index is 0.0252. The van der Waals surface area contributed by atoms with E-state index in [1.54, 1.807) is 22.7 Å². The molecule has 0 unspecified atom stereocenters. The van der Waals surface area contributed by atoms with Crippen molar-refractivity contribution in [3.63, 3.8) is 0 Å². The van der Waals surface area contributed by atoms with E-state index in [0.29, 0.717) is 44.0 Å². The highest BCUT2D eigenvalue weighted by Gasteiger charge is 2.32. The van der Waals surface area contributed by atoms with Crippen LogP contribution in [0.5, 0.6) is 0 Å². The molecule has 0 radical (unpaired) electrons. The van der Waals surface area contributed by atoms with Gasteiger partial charge in [-0.25, -0.2) is 9.18 Å². The second kappa shape index (κ2) is 8.53. The lowest BCUT2D eigenvalue weighted by atomic mass is 10.0. The maximum Gasteiger partial charge on any atom is 0.410 e. The summed E-state index contributed by atoms with van der Waals surface area (Å²) < 4.78 is 21.7. The van der Waals surface area contributed by atoms with Crippen molar-refractivity contribution in [2.45, 2.75) is 58.7 Å². The summed E-state index contributed by atoms with van der Waals surface area (Å²) in [7, 11) is 1.80. The number of nitrogens with two attached hydrogens (primary N) is 1. The first-order valence-corrected chi connectivity index (χ1v) is 10.3. The zero-order valence-electron chi connectivity index (χ0n) is 18.5. The third-order valence-corrected chi connectivity index (χ3v) is 5.32. The minimum atomic E-state index is -0.596. The van der Waals surface area contributed by atoms with E-state index in [2.05, 4.69) is 10.00 Å². The van der Waals surface area contributed by atoms with E-state index < -0.39 is 5.60 Å². The van der Waals surface area contributed by atoms with E-state index in [-0.39, 0.29) is 18.0 Å². The quantitative estimate of drug-likeness (QED) is 0.818. The molecule has 1 aromatic carbocycles. The molecule has 8 heteroatoms. The van der Waals surface area contributed by atoms with Crippen LogP contribution in [0.1, 0.15) is 44.7 Å². The Morgan fingerprint density at radius 3 is 2.53 bits per heavy atom. The number of aryl methyl sites for hydroxylation is 2. The Hall–Kier alpha value is -2.77. The van der Waals surface area contributed by atoms with Crippen molar-refractivity contribution in [1.82, 2.24) is 14.7 Å². The van der Waals surface area contributed by atoms with Crippen LogP contribution in [0.3, 0.4) is 0 Å². The van der Waals surface area contributed by atoms with Crippen molar-refractivity contribution in [1.29, 1.82) is 0 Å². The average Bonchev–Trinajstić information content (AvgIpc) is 2.96. The molecule has 1 aromatic heterocycles. The van der Waals surface area contributed by atoms with Crippen LogP contribution in [0.4, 0.5) is 20.7 Å². The van der Waals surface area contributed by atoms with Gasteiger partial charge in [0.05, 0.1) is 12.2 Å². The fourth-order valence-electron chi connectivity index (χ4n) is 3.95. The number of carbonyl (C=O) groups excluding carboxylic acids is 1. The molecule has 1 aliphatic rings. The molecule has 1 fully saturated rings. The number of hydrogen-bond acceptors (Lipinski definition) is 5. The highest BCUT2D eigenvalue weighted by atomic mass is 19.1. The van der Waals surface area contributed by atoms with E-state index in [1.807, 2.05) is 40.0 Å². The van der Waals surface area contributed by atoms with Gasteiger partial charge in [0.2, 0.25) is 0 Å². The summed E-state index contributed by atoms with van der Waals surface area (Å²) in [6.07, 6.45) is 2.89. The number of benzene rings is 1. The Morgan fingerprint density at radius 2 is 2.00 bits per heavy atom. The first kappa shape index (κ1) is 21.9. The normalized spacial score (nSPS) is 15.3. The molecule has 0 saturated carbocycles. The first-order valence-electron chi connectivity index (χ1n) is 10.3. The molecule has 1 aliphatic heterocycles. The van der Waals surface area contributed by atoms with E-state index in [9.17, 15) is 9.18 Å². The maximum absolute atomic E-state index is 14.4. The van der Waals surface area contributed by atoms with E-state index in [0.717, 1.165) is 11.1 Å². The smallest absolute Gasteiger partial charge is 0.410 e. The van der Waals surface area contributed by atoms with Crippen LogP contribution in [0.15, 0.2) is 24.4 Å². The van der Waals surface area contributed by atoms with Gasteiger partial charge in [0.15, 0.2) is 0 Å². The summed E-state index contributed by atoms with van der Waals surface area (Å²) in [4.78, 5) is 16.8. The largest absolute Gasteiger partial charge is 0.444 e. The minimum Gasteiger partial charge on any atom is -0.444 e. The van der Waals surface area contributed by atoms with Gasteiger partial charge in [0, 0.05) is 37.9 Å². The van der Waals surface area contributed by atoms with Gasteiger partial charge >= 0.3 is 6.09 Å². The number of nitrogens with zero attached hydrogens (tertiary/aromatic N) is 4. The lowest BCUT2D eigenvalue weighted by Gasteiger charge is -2.40. The Balaban J connectivity index is 1.77. The molecule has 2 N–H and O–H groups in total. The van der Waals surface area contributed by atoms with Gasteiger partial charge in [-0.05, 0) is 52.2 Å². The van der Waals surface area contributed by atoms with Crippen LogP contribution < -0.4 is 10.6 Å². The van der Waals surface area contributed by atoms with Crippen molar-refractivity contribution in [3.8, 4) is 0 Å². The van der Waals surface area contributed by atoms with Gasteiger partial charge in [-0.1, -0.05) is 12.1 Å². The number of hydrogen-bond donors (Lipinski definition) is 1. The number of rotatable bonds is 4. The lowest BCUT2D eigenvalue weighted by Crippen LogP contribution is -2.48. The molecule has 1 saturated heterocycles. The van der Waals surface area contributed by atoms with Gasteiger partial charge < -0.3 is 20.3 Å². The zero-order chi connectivity index (χ0) is 22.1. The van der Waals surface area contributed by atoms with E-state index in [1.165, 1.54) is 6.07 Å². The number of halogens is 1. The van der Waals surface area contributed by atoms with Crippen LogP contribution in [0.2, 0.25) is 0 Å². The molecule has 2 aromatic rings. The van der Waals surface area contributed by atoms with Crippen molar-refractivity contribution in [2.24, 2.45) is 7.05 Å². The van der Waals surface area contributed by atoms with Gasteiger partial charge in [0.1, 0.15) is 17.2 Å². The second-order valence-electron chi connectivity index (χ2n) is 8.95. The van der Waals surface area contributed by atoms with E-state index >= 15 is 0 Å². The van der Waals surface area contributed by atoms with Gasteiger partial charge in [-0.3, -0.25) is 4.68 Å². The summed E-state index contributed by atoms with van der Waals surface area (Å²) in [5.41, 5.74) is 7.78. The molecule has 164 valence electrons. The standard InChI is InChI=1S/C22H32FN5O2/c1-15-7-6-8-18(23)19(15)27-11-9-17(10-12-27)28(21(29)30-22(2,3)4)14-16-13-26(5)25-20(16)24/h6-8,13,17H,9-12,14H2,1-5H3,(H2,24,25). The van der Waals surface area contributed by atoms with Crippen molar-refractivity contribution in [3.05, 3.63) is 41.3 Å². The third-order valence-electron chi connectivity index (χ3n) is 5.32. The monoisotopic (exact) mass is 417 g/mol. The summed E-state index contributed by atoms with van der Waals surface area (Å²) in [5.74, 6) is 0.200. The summed E-state index contributed by atoms with van der Waals surface area (Å²) in [5, 5.41) is 4.18. The number of piperidine rings is 1. The second-order valence-corrected chi connectivity index (χ2v) is 8.95. The summed E-state index contributed by atoms with van der Waals surface area (Å²) >= 11 is 0. The Kier molecular flexibility index (Phi) is 6.24. The number of para-hydroxylation sites is 1. The number of nitrogen functional groups attached to an aromatic ring is 1. The predicted octanol–water partition coefficient (Wildman–Crippen LogP) is 3.86. The highest BCUT2D eigenvalue weighted by molar-refractivity contribution is 5.69. The number of anilines is 2. The molecular weight excluding hydrogens is 385 g/mol. The molecule has 1 amide bonds. The van der Waals surface area contributed by atoms with E-state index in [4.69, 9.17) is 10.5 Å². The highest BCUT2D eigenvalue weighted by Crippen LogP contribution is 2.29. The van der Waals surface area contributed by atoms with Gasteiger partial charge in [0.25, 0.3) is 0 Å². The Morgan fingerprint density at radius 1 is 1.33 bits per heavy atom. The van der Waals surface area contributed by atoms with Crippen molar-refractivity contribution in [2.75, 3.05) is 23.7 Å².